The molecule has 96 valence electrons. The largest absolute Gasteiger partial charge is 0.287 e. The van der Waals surface area contributed by atoms with Crippen LogP contribution < -0.4 is 0 Å². The Labute approximate surface area is 94.8 Å². The van der Waals surface area contributed by atoms with Gasteiger partial charge in [-0.05, 0) is 6.42 Å². The van der Waals surface area contributed by atoms with Gasteiger partial charge in [-0.2, -0.15) is 0 Å². The van der Waals surface area contributed by atoms with Crippen molar-refractivity contribution >= 4 is 16.9 Å². The summed E-state index contributed by atoms with van der Waals surface area (Å²) in [5.74, 6) is -0.0375. The first-order chi connectivity index (χ1) is 7.40. The van der Waals surface area contributed by atoms with Crippen LogP contribution in [0.25, 0.3) is 0 Å². The SMILES string of the molecule is CCC(=O)SCCC(F)C(F)C(F)C(F)F. The van der Waals surface area contributed by atoms with Crippen molar-refractivity contribution in [3.05, 3.63) is 0 Å². The highest BCUT2D eigenvalue weighted by molar-refractivity contribution is 8.13. The molecule has 16 heavy (non-hydrogen) atoms. The second-order valence-corrected chi connectivity index (χ2v) is 4.25. The molecular weight excluding hydrogens is 251 g/mol. The molecule has 3 atom stereocenters. The summed E-state index contributed by atoms with van der Waals surface area (Å²) >= 11 is 0.787. The van der Waals surface area contributed by atoms with E-state index in [0.717, 1.165) is 11.8 Å². The van der Waals surface area contributed by atoms with E-state index < -0.39 is 31.4 Å². The maximum absolute atomic E-state index is 12.9. The molecule has 0 saturated heterocycles. The van der Waals surface area contributed by atoms with E-state index >= 15 is 0 Å². The lowest BCUT2D eigenvalue weighted by molar-refractivity contribution is -0.110. The first-order valence-corrected chi connectivity index (χ1v) is 5.74. The molecule has 0 aromatic heterocycles. The normalized spacial score (nSPS) is 17.2. The van der Waals surface area contributed by atoms with Gasteiger partial charge in [0.1, 0.15) is 6.17 Å². The third-order valence-corrected chi connectivity index (χ3v) is 2.89. The van der Waals surface area contributed by atoms with E-state index in [9.17, 15) is 26.7 Å². The highest BCUT2D eigenvalue weighted by Gasteiger charge is 2.35. The highest BCUT2D eigenvalue weighted by Crippen LogP contribution is 2.21. The van der Waals surface area contributed by atoms with Crippen LogP contribution >= 0.6 is 11.8 Å². The summed E-state index contributed by atoms with van der Waals surface area (Å²) < 4.78 is 61.4. The van der Waals surface area contributed by atoms with E-state index in [1.165, 1.54) is 0 Å². The molecule has 0 N–H and O–H groups in total. The molecule has 0 aromatic carbocycles. The monoisotopic (exact) mass is 264 g/mol. The van der Waals surface area contributed by atoms with Crippen LogP contribution in [0.15, 0.2) is 0 Å². The van der Waals surface area contributed by atoms with Crippen molar-refractivity contribution in [2.75, 3.05) is 5.75 Å². The Hall–Kier alpha value is -0.330. The number of carbonyl (C=O) groups is 1. The zero-order valence-electron chi connectivity index (χ0n) is 8.64. The summed E-state index contributed by atoms with van der Waals surface area (Å²) in [4.78, 5) is 10.8. The second-order valence-electron chi connectivity index (χ2n) is 3.10. The Kier molecular flexibility index (Phi) is 7.70. The number of hydrogen-bond acceptors (Lipinski definition) is 2. The number of rotatable bonds is 7. The first kappa shape index (κ1) is 15.7. The molecule has 0 aromatic rings. The molecule has 0 fully saturated rings. The van der Waals surface area contributed by atoms with Crippen molar-refractivity contribution in [3.63, 3.8) is 0 Å². The van der Waals surface area contributed by atoms with Crippen LogP contribution in [0.2, 0.25) is 0 Å². The highest BCUT2D eigenvalue weighted by atomic mass is 32.2. The van der Waals surface area contributed by atoms with Crippen molar-refractivity contribution in [2.45, 2.75) is 44.7 Å². The third-order valence-electron chi connectivity index (χ3n) is 1.84. The van der Waals surface area contributed by atoms with Gasteiger partial charge in [0.05, 0.1) is 0 Å². The maximum Gasteiger partial charge on any atom is 0.272 e. The van der Waals surface area contributed by atoms with E-state index in [1.807, 2.05) is 0 Å². The summed E-state index contributed by atoms with van der Waals surface area (Å²) in [6, 6.07) is 0. The van der Waals surface area contributed by atoms with Gasteiger partial charge < -0.3 is 0 Å². The lowest BCUT2D eigenvalue weighted by atomic mass is 10.1. The summed E-state index contributed by atoms with van der Waals surface area (Å²) in [5, 5.41) is -0.201. The van der Waals surface area contributed by atoms with Gasteiger partial charge in [-0.15, -0.1) is 0 Å². The molecule has 7 heteroatoms. The van der Waals surface area contributed by atoms with Crippen LogP contribution in [0.5, 0.6) is 0 Å². The fourth-order valence-corrected chi connectivity index (χ4v) is 1.66. The fraction of sp³-hybridized carbons (Fsp3) is 0.889. The molecule has 0 spiro atoms. The molecule has 0 aliphatic heterocycles. The molecule has 0 heterocycles. The Bertz CT molecular complexity index is 214. The summed E-state index contributed by atoms with van der Waals surface area (Å²) in [6.07, 6.45) is -12.0. The van der Waals surface area contributed by atoms with Gasteiger partial charge in [0.15, 0.2) is 17.5 Å². The Morgan fingerprint density at radius 3 is 2.12 bits per heavy atom. The van der Waals surface area contributed by atoms with Gasteiger partial charge in [0, 0.05) is 12.2 Å². The average Bonchev–Trinajstić information content (AvgIpc) is 2.26. The molecule has 3 unspecified atom stereocenters. The number of carbonyl (C=O) groups excluding carboxylic acids is 1. The minimum absolute atomic E-state index is 0.0375. The molecule has 0 saturated carbocycles. The summed E-state index contributed by atoms with van der Waals surface area (Å²) in [7, 11) is 0. The number of alkyl halides is 5. The molecule has 1 nitrogen and oxygen atoms in total. The summed E-state index contributed by atoms with van der Waals surface area (Å²) in [5.41, 5.74) is 0. The zero-order chi connectivity index (χ0) is 12.7. The number of halogens is 5. The standard InChI is InChI=1S/C9H13F5OS/c1-2-6(15)16-4-3-5(10)7(11)8(12)9(13)14/h5,7-9H,2-4H2,1H3. The van der Waals surface area contributed by atoms with Crippen LogP contribution in [0.3, 0.4) is 0 Å². The van der Waals surface area contributed by atoms with Crippen LogP contribution in [-0.2, 0) is 4.79 Å². The molecule has 0 amide bonds. The minimum atomic E-state index is -3.53. The minimum Gasteiger partial charge on any atom is -0.287 e. The molecule has 0 radical (unpaired) electrons. The van der Waals surface area contributed by atoms with Crippen LogP contribution in [0.4, 0.5) is 22.0 Å². The van der Waals surface area contributed by atoms with E-state index in [4.69, 9.17) is 0 Å². The van der Waals surface area contributed by atoms with Gasteiger partial charge >= 0.3 is 0 Å². The maximum atomic E-state index is 12.9. The molecule has 0 aliphatic rings. The summed E-state index contributed by atoms with van der Waals surface area (Å²) in [6.45, 7) is 1.61. The quantitative estimate of drug-likeness (QED) is 0.656. The number of thioether (sulfide) groups is 1. The Balaban J connectivity index is 3.87. The molecule has 0 rings (SSSR count). The average molecular weight is 264 g/mol. The topological polar surface area (TPSA) is 17.1 Å². The van der Waals surface area contributed by atoms with Crippen molar-refractivity contribution in [3.8, 4) is 0 Å². The number of hydrogen-bond donors (Lipinski definition) is 0. The molecule has 0 aliphatic carbocycles. The van der Waals surface area contributed by atoms with Crippen LogP contribution in [0, 0.1) is 0 Å². The Morgan fingerprint density at radius 1 is 1.12 bits per heavy atom. The van der Waals surface area contributed by atoms with Crippen LogP contribution in [-0.4, -0.2) is 35.8 Å². The smallest absolute Gasteiger partial charge is 0.272 e. The van der Waals surface area contributed by atoms with E-state index in [0.29, 0.717) is 0 Å². The van der Waals surface area contributed by atoms with E-state index in [2.05, 4.69) is 0 Å². The third kappa shape index (κ3) is 5.67. The zero-order valence-corrected chi connectivity index (χ0v) is 9.45. The lowest BCUT2D eigenvalue weighted by Crippen LogP contribution is -2.33. The predicted molar refractivity (Wildman–Crippen MR) is 53.1 cm³/mol. The van der Waals surface area contributed by atoms with Crippen LogP contribution in [0.1, 0.15) is 19.8 Å². The first-order valence-electron chi connectivity index (χ1n) is 4.76. The fourth-order valence-electron chi connectivity index (χ4n) is 0.885. The molecule has 0 bridgehead atoms. The van der Waals surface area contributed by atoms with E-state index in [-0.39, 0.29) is 17.3 Å². The van der Waals surface area contributed by atoms with Gasteiger partial charge in [-0.1, -0.05) is 18.7 Å². The van der Waals surface area contributed by atoms with Gasteiger partial charge in [0.25, 0.3) is 6.43 Å². The van der Waals surface area contributed by atoms with Crippen molar-refractivity contribution in [2.24, 2.45) is 0 Å². The van der Waals surface area contributed by atoms with Crippen molar-refractivity contribution in [1.82, 2.24) is 0 Å². The van der Waals surface area contributed by atoms with Gasteiger partial charge in [-0.25, -0.2) is 22.0 Å². The van der Waals surface area contributed by atoms with Gasteiger partial charge in [0.2, 0.25) is 0 Å². The Morgan fingerprint density at radius 2 is 1.69 bits per heavy atom. The second kappa shape index (κ2) is 7.86. The predicted octanol–water partition coefficient (Wildman–Crippen LogP) is 3.33. The van der Waals surface area contributed by atoms with E-state index in [1.54, 1.807) is 6.92 Å². The van der Waals surface area contributed by atoms with Crippen molar-refractivity contribution in [1.29, 1.82) is 0 Å². The van der Waals surface area contributed by atoms with Crippen molar-refractivity contribution < 1.29 is 26.7 Å². The lowest BCUT2D eigenvalue weighted by Gasteiger charge is -2.16. The molecular formula is C9H13F5OS. The van der Waals surface area contributed by atoms with Gasteiger partial charge in [-0.3, -0.25) is 4.79 Å².